The monoisotopic (exact) mass is 254 g/mol. The maximum atomic E-state index is 8.94. The number of piperidine rings is 1. The summed E-state index contributed by atoms with van der Waals surface area (Å²) < 4.78 is 0. The molecule has 0 aliphatic carbocycles. The van der Waals surface area contributed by atoms with Gasteiger partial charge in [-0.2, -0.15) is 5.26 Å². The van der Waals surface area contributed by atoms with Crippen molar-refractivity contribution in [1.82, 2.24) is 0 Å². The summed E-state index contributed by atoms with van der Waals surface area (Å²) in [5.74, 6) is 0.117. The molecular formula is C12H12Cl2N2. The quantitative estimate of drug-likeness (QED) is 0.764. The van der Waals surface area contributed by atoms with Crippen LogP contribution in [0.1, 0.15) is 12.8 Å². The van der Waals surface area contributed by atoms with E-state index < -0.39 is 0 Å². The molecule has 84 valence electrons. The lowest BCUT2D eigenvalue weighted by Crippen LogP contribution is -2.34. The molecule has 0 aromatic heterocycles. The van der Waals surface area contributed by atoms with Gasteiger partial charge in [0.05, 0.1) is 12.0 Å². The molecule has 1 saturated heterocycles. The molecular weight excluding hydrogens is 243 g/mol. The van der Waals surface area contributed by atoms with Crippen molar-refractivity contribution in [2.24, 2.45) is 5.92 Å². The number of hydrogen-bond donors (Lipinski definition) is 0. The van der Waals surface area contributed by atoms with Crippen LogP contribution in [-0.4, -0.2) is 13.1 Å². The van der Waals surface area contributed by atoms with Crippen molar-refractivity contribution < 1.29 is 0 Å². The second kappa shape index (κ2) is 4.95. The van der Waals surface area contributed by atoms with Gasteiger partial charge in [-0.05, 0) is 31.0 Å². The number of halogens is 2. The zero-order valence-corrected chi connectivity index (χ0v) is 10.3. The second-order valence-electron chi connectivity index (χ2n) is 4.04. The summed E-state index contributed by atoms with van der Waals surface area (Å²) in [6.45, 7) is 1.74. The smallest absolute Gasteiger partial charge is 0.0674 e. The Morgan fingerprint density at radius 1 is 1.25 bits per heavy atom. The molecule has 2 nitrogen and oxygen atoms in total. The first kappa shape index (κ1) is 11.6. The Morgan fingerprint density at radius 2 is 1.94 bits per heavy atom. The molecule has 1 aromatic rings. The summed E-state index contributed by atoms with van der Waals surface area (Å²) in [5.41, 5.74) is 1.01. The fourth-order valence-corrected chi connectivity index (χ4v) is 2.55. The third kappa shape index (κ3) is 2.61. The van der Waals surface area contributed by atoms with E-state index in [0.29, 0.717) is 10.0 Å². The summed E-state index contributed by atoms with van der Waals surface area (Å²) in [6, 6.07) is 7.84. The number of benzene rings is 1. The average Bonchev–Trinajstić information content (AvgIpc) is 2.28. The molecule has 1 fully saturated rings. The largest absolute Gasteiger partial charge is 0.370 e. The summed E-state index contributed by atoms with van der Waals surface area (Å²) in [5, 5.41) is 10.2. The van der Waals surface area contributed by atoms with E-state index in [1.54, 1.807) is 6.07 Å². The number of anilines is 1. The van der Waals surface area contributed by atoms with Crippen molar-refractivity contribution in [3.63, 3.8) is 0 Å². The molecule has 1 aromatic carbocycles. The molecule has 1 aliphatic rings. The van der Waals surface area contributed by atoms with Crippen molar-refractivity contribution >= 4 is 28.9 Å². The van der Waals surface area contributed by atoms with E-state index >= 15 is 0 Å². The topological polar surface area (TPSA) is 27.0 Å². The molecule has 0 bridgehead atoms. The van der Waals surface area contributed by atoms with Gasteiger partial charge >= 0.3 is 0 Å². The standard InChI is InChI=1S/C12H12Cl2N2/c13-10-4-11(14)6-12(5-10)16-3-1-2-9(7-15)8-16/h4-6,9H,1-3,8H2. The van der Waals surface area contributed by atoms with Gasteiger partial charge in [0.1, 0.15) is 0 Å². The van der Waals surface area contributed by atoms with Crippen LogP contribution in [0.2, 0.25) is 10.0 Å². The fourth-order valence-electron chi connectivity index (χ4n) is 2.04. The van der Waals surface area contributed by atoms with Gasteiger partial charge in [-0.1, -0.05) is 23.2 Å². The minimum atomic E-state index is 0.117. The van der Waals surface area contributed by atoms with Crippen molar-refractivity contribution in [2.45, 2.75) is 12.8 Å². The first-order valence-electron chi connectivity index (χ1n) is 5.29. The Bertz CT molecular complexity index is 405. The first-order chi connectivity index (χ1) is 7.69. The molecule has 0 amide bonds. The number of hydrogen-bond acceptors (Lipinski definition) is 2. The van der Waals surface area contributed by atoms with Crippen LogP contribution in [0.15, 0.2) is 18.2 Å². The Hall–Kier alpha value is -0.910. The average molecular weight is 255 g/mol. The number of nitrogens with zero attached hydrogens (tertiary/aromatic N) is 2. The van der Waals surface area contributed by atoms with E-state index in [1.807, 2.05) is 12.1 Å². The highest BCUT2D eigenvalue weighted by Gasteiger charge is 2.20. The van der Waals surface area contributed by atoms with Crippen LogP contribution < -0.4 is 4.90 Å². The van der Waals surface area contributed by atoms with Gasteiger partial charge in [0.15, 0.2) is 0 Å². The zero-order valence-electron chi connectivity index (χ0n) is 8.79. The van der Waals surface area contributed by atoms with Crippen molar-refractivity contribution in [2.75, 3.05) is 18.0 Å². The highest BCUT2D eigenvalue weighted by molar-refractivity contribution is 6.35. The predicted octanol–water partition coefficient (Wildman–Crippen LogP) is 3.73. The van der Waals surface area contributed by atoms with Crippen LogP contribution in [0.3, 0.4) is 0 Å². The lowest BCUT2D eigenvalue weighted by molar-refractivity contribution is 0.493. The summed E-state index contributed by atoms with van der Waals surface area (Å²) in [7, 11) is 0. The van der Waals surface area contributed by atoms with Crippen LogP contribution >= 0.6 is 23.2 Å². The third-order valence-corrected chi connectivity index (χ3v) is 3.25. The van der Waals surface area contributed by atoms with Crippen LogP contribution in [0.4, 0.5) is 5.69 Å². The van der Waals surface area contributed by atoms with E-state index in [9.17, 15) is 0 Å². The van der Waals surface area contributed by atoms with Crippen LogP contribution in [0.25, 0.3) is 0 Å². The highest BCUT2D eigenvalue weighted by Crippen LogP contribution is 2.28. The molecule has 1 atom stereocenters. The second-order valence-corrected chi connectivity index (χ2v) is 4.91. The Morgan fingerprint density at radius 3 is 2.56 bits per heavy atom. The molecule has 2 rings (SSSR count). The van der Waals surface area contributed by atoms with Crippen LogP contribution in [-0.2, 0) is 0 Å². The maximum Gasteiger partial charge on any atom is 0.0674 e. The zero-order chi connectivity index (χ0) is 11.5. The molecule has 1 unspecified atom stereocenters. The van der Waals surface area contributed by atoms with Gasteiger partial charge in [0.2, 0.25) is 0 Å². The molecule has 0 radical (unpaired) electrons. The van der Waals surface area contributed by atoms with E-state index in [-0.39, 0.29) is 5.92 Å². The van der Waals surface area contributed by atoms with E-state index in [2.05, 4.69) is 11.0 Å². The van der Waals surface area contributed by atoms with Gasteiger partial charge < -0.3 is 4.90 Å². The first-order valence-corrected chi connectivity index (χ1v) is 6.05. The van der Waals surface area contributed by atoms with Gasteiger partial charge in [-0.25, -0.2) is 0 Å². The number of nitriles is 1. The molecule has 0 N–H and O–H groups in total. The normalized spacial score (nSPS) is 20.6. The van der Waals surface area contributed by atoms with Gasteiger partial charge in [0.25, 0.3) is 0 Å². The molecule has 1 aliphatic heterocycles. The van der Waals surface area contributed by atoms with E-state index in [4.69, 9.17) is 28.5 Å². The molecule has 4 heteroatoms. The summed E-state index contributed by atoms with van der Waals surface area (Å²) >= 11 is 11.9. The van der Waals surface area contributed by atoms with Crippen molar-refractivity contribution in [3.05, 3.63) is 28.2 Å². The van der Waals surface area contributed by atoms with Gasteiger partial charge in [-0.15, -0.1) is 0 Å². The van der Waals surface area contributed by atoms with Crippen LogP contribution in [0.5, 0.6) is 0 Å². The molecule has 16 heavy (non-hydrogen) atoms. The third-order valence-electron chi connectivity index (χ3n) is 2.82. The minimum Gasteiger partial charge on any atom is -0.370 e. The van der Waals surface area contributed by atoms with Crippen molar-refractivity contribution in [1.29, 1.82) is 5.26 Å². The lowest BCUT2D eigenvalue weighted by atomic mass is 9.99. The highest BCUT2D eigenvalue weighted by atomic mass is 35.5. The van der Waals surface area contributed by atoms with E-state index in [1.165, 1.54) is 0 Å². The van der Waals surface area contributed by atoms with Crippen molar-refractivity contribution in [3.8, 4) is 6.07 Å². The SMILES string of the molecule is N#CC1CCCN(c2cc(Cl)cc(Cl)c2)C1. The minimum absolute atomic E-state index is 0.117. The Labute approximate surface area is 105 Å². The number of rotatable bonds is 1. The van der Waals surface area contributed by atoms with Gasteiger partial charge in [-0.3, -0.25) is 0 Å². The lowest BCUT2D eigenvalue weighted by Gasteiger charge is -2.31. The van der Waals surface area contributed by atoms with Crippen LogP contribution in [0, 0.1) is 17.2 Å². The fraction of sp³-hybridized carbons (Fsp3) is 0.417. The summed E-state index contributed by atoms with van der Waals surface area (Å²) in [6.07, 6.45) is 2.03. The molecule has 0 spiro atoms. The maximum absolute atomic E-state index is 8.94. The molecule has 1 heterocycles. The summed E-state index contributed by atoms with van der Waals surface area (Å²) in [4.78, 5) is 2.18. The van der Waals surface area contributed by atoms with E-state index in [0.717, 1.165) is 31.6 Å². The Balaban J connectivity index is 2.20. The predicted molar refractivity (Wildman–Crippen MR) is 67.0 cm³/mol. The van der Waals surface area contributed by atoms with Gasteiger partial charge in [0, 0.05) is 28.8 Å². The molecule has 0 saturated carbocycles. The Kier molecular flexibility index (Phi) is 3.58.